The zero-order valence-corrected chi connectivity index (χ0v) is 12.9. The Morgan fingerprint density at radius 1 is 1.33 bits per heavy atom. The van der Waals surface area contributed by atoms with Crippen LogP contribution in [0.15, 0.2) is 39.4 Å². The summed E-state index contributed by atoms with van der Waals surface area (Å²) in [7, 11) is 1.55. The minimum absolute atomic E-state index is 0. The number of hydrogen-bond acceptors (Lipinski definition) is 3. The zero-order valence-electron chi connectivity index (χ0n) is 9.84. The van der Waals surface area contributed by atoms with Gasteiger partial charge in [-0.3, -0.25) is 6.72 Å². The smallest absolute Gasteiger partial charge is 0.0844 e. The fraction of sp³-hybridized carbons (Fsp3) is 0.182. The van der Waals surface area contributed by atoms with E-state index in [0.29, 0.717) is 17.0 Å². The van der Waals surface area contributed by atoms with Crippen LogP contribution in [0.1, 0.15) is 12.5 Å². The summed E-state index contributed by atoms with van der Waals surface area (Å²) in [6, 6.07) is 7.19. The first-order valence-corrected chi connectivity index (χ1v) is 4.60. The summed E-state index contributed by atoms with van der Waals surface area (Å²) in [6.45, 7) is 6.79. The number of hydrogen-bond donors (Lipinski definition) is 1. The van der Waals surface area contributed by atoms with Crippen LogP contribution in [0.3, 0.4) is 0 Å². The molecule has 5 nitrogen and oxygen atoms in total. The molecule has 103 valence electrons. The van der Waals surface area contributed by atoms with Crippen LogP contribution in [0.5, 0.6) is 0 Å². The van der Waals surface area contributed by atoms with Gasteiger partial charge in [-0.2, -0.15) is 0 Å². The SMILES string of the molecule is [CH-]=NC(=Nc1ccccc1C(C)=NO)[N-]C.[V].[Yb]. The maximum atomic E-state index is 8.73. The van der Waals surface area contributed by atoms with Crippen molar-refractivity contribution in [2.45, 2.75) is 6.92 Å². The van der Waals surface area contributed by atoms with E-state index in [1.54, 1.807) is 26.1 Å². The average molecular weight is 440 g/mol. The summed E-state index contributed by atoms with van der Waals surface area (Å²) in [5, 5.41) is 15.6. The van der Waals surface area contributed by atoms with Crippen molar-refractivity contribution in [1.82, 2.24) is 0 Å². The van der Waals surface area contributed by atoms with Crippen molar-refractivity contribution in [3.63, 3.8) is 0 Å². The molecule has 1 aromatic carbocycles. The molecule has 0 fully saturated rings. The Hall–Kier alpha value is -0.0661. The largest absolute Gasteiger partial charge is 0.575 e. The predicted molar refractivity (Wildman–Crippen MR) is 65.3 cm³/mol. The van der Waals surface area contributed by atoms with Crippen LogP contribution in [-0.4, -0.2) is 30.6 Å². The monoisotopic (exact) mass is 441 g/mol. The van der Waals surface area contributed by atoms with Gasteiger partial charge in [-0.05, 0) is 12.6 Å². The van der Waals surface area contributed by atoms with Crippen molar-refractivity contribution in [1.29, 1.82) is 0 Å². The van der Waals surface area contributed by atoms with Crippen LogP contribution in [0.2, 0.25) is 0 Å². The molecule has 1 N–H and O–H groups in total. The fourth-order valence-electron chi connectivity index (χ4n) is 1.18. The van der Waals surface area contributed by atoms with Crippen molar-refractivity contribution < 1.29 is 70.7 Å². The second-order valence-corrected chi connectivity index (χ2v) is 2.97. The molecule has 1 radical (unpaired) electrons. The van der Waals surface area contributed by atoms with Crippen molar-refractivity contribution in [2.24, 2.45) is 15.1 Å². The van der Waals surface area contributed by atoms with E-state index in [-0.39, 0.29) is 71.4 Å². The zero-order chi connectivity index (χ0) is 12.0. The Bertz CT molecular complexity index is 448. The number of oxime groups is 1. The van der Waals surface area contributed by atoms with Crippen LogP contribution >= 0.6 is 0 Å². The van der Waals surface area contributed by atoms with Gasteiger partial charge in [0.25, 0.3) is 0 Å². The van der Waals surface area contributed by atoms with Crippen LogP contribution in [0, 0.1) is 46.9 Å². The number of benzene rings is 1. The molecule has 0 amide bonds. The Balaban J connectivity index is 0. The number of para-hydroxylation sites is 1. The molecule has 0 aliphatic carbocycles. The molecule has 0 spiro atoms. The number of aliphatic imine (C=N–C) groups is 2. The maximum absolute atomic E-state index is 8.73. The minimum atomic E-state index is 0. The Labute approximate surface area is 157 Å². The van der Waals surface area contributed by atoms with E-state index in [4.69, 9.17) is 11.9 Å². The molecule has 0 aliphatic heterocycles. The molecular weight excluding hydrogens is 428 g/mol. The van der Waals surface area contributed by atoms with E-state index in [0.717, 1.165) is 0 Å². The first-order chi connectivity index (χ1) is 7.72. The second kappa shape index (κ2) is 10.8. The molecule has 18 heavy (non-hydrogen) atoms. The molecule has 0 unspecified atom stereocenters. The molecular formula is C11H12N4OVYb-2. The van der Waals surface area contributed by atoms with E-state index in [1.165, 1.54) is 0 Å². The molecule has 0 aliphatic rings. The first kappa shape index (κ1) is 20.3. The average Bonchev–Trinajstić information content (AvgIpc) is 2.35. The van der Waals surface area contributed by atoms with Crippen molar-refractivity contribution >= 4 is 24.1 Å². The third-order valence-corrected chi connectivity index (χ3v) is 1.98. The van der Waals surface area contributed by atoms with E-state index in [2.05, 4.69) is 20.5 Å². The van der Waals surface area contributed by atoms with Crippen molar-refractivity contribution in [3.05, 3.63) is 35.1 Å². The van der Waals surface area contributed by atoms with Gasteiger partial charge >= 0.3 is 0 Å². The number of rotatable bonds is 2. The summed E-state index contributed by atoms with van der Waals surface area (Å²) < 4.78 is 0. The number of guanidine groups is 1. The molecule has 7 heteroatoms. The number of nitrogens with zero attached hydrogens (tertiary/aromatic N) is 4. The first-order valence-electron chi connectivity index (χ1n) is 4.60. The Morgan fingerprint density at radius 2 is 1.94 bits per heavy atom. The van der Waals surface area contributed by atoms with Crippen molar-refractivity contribution in [3.8, 4) is 0 Å². The summed E-state index contributed by atoms with van der Waals surface area (Å²) in [5.41, 5.74) is 1.77. The fourth-order valence-corrected chi connectivity index (χ4v) is 1.18. The van der Waals surface area contributed by atoms with E-state index in [9.17, 15) is 0 Å². The molecule has 0 saturated carbocycles. The van der Waals surface area contributed by atoms with E-state index < -0.39 is 0 Å². The maximum Gasteiger partial charge on any atom is 0.0844 e. The summed E-state index contributed by atoms with van der Waals surface area (Å²) in [6.07, 6.45) is 0. The minimum Gasteiger partial charge on any atom is -0.575 e. The molecule has 0 bridgehead atoms. The molecule has 1 rings (SSSR count). The molecule has 0 aromatic heterocycles. The quantitative estimate of drug-likeness (QED) is 0.248. The van der Waals surface area contributed by atoms with Gasteiger partial charge in [0, 0.05) is 71.0 Å². The molecule has 1 aromatic rings. The third kappa shape index (κ3) is 5.72. The van der Waals surface area contributed by atoms with Crippen LogP contribution in [0.4, 0.5) is 5.69 Å². The second-order valence-electron chi connectivity index (χ2n) is 2.97. The van der Waals surface area contributed by atoms with Gasteiger partial charge in [-0.25, -0.2) is 0 Å². The van der Waals surface area contributed by atoms with Crippen molar-refractivity contribution in [2.75, 3.05) is 7.05 Å². The van der Waals surface area contributed by atoms with Gasteiger partial charge in [-0.1, -0.05) is 36.5 Å². The summed E-state index contributed by atoms with van der Waals surface area (Å²) in [5.74, 6) is 0.179. The van der Waals surface area contributed by atoms with Crippen LogP contribution in [-0.2, 0) is 18.6 Å². The molecule has 0 saturated heterocycles. The Morgan fingerprint density at radius 3 is 2.44 bits per heavy atom. The normalized spacial score (nSPS) is 11.0. The Kier molecular flexibility index (Phi) is 12.2. The van der Waals surface area contributed by atoms with E-state index in [1.807, 2.05) is 12.1 Å². The van der Waals surface area contributed by atoms with Gasteiger partial charge in [-0.15, -0.1) is 5.96 Å². The standard InChI is InChI=1S/C11H12N4O.V.Yb/c1-8(15-16)9-6-4-5-7-10(9)14-11(12-2)13-3;;/h2,4-7H,1,3H3,(H-,13,14,16);;/q-2;;. The van der Waals surface area contributed by atoms with Crippen LogP contribution < -0.4 is 0 Å². The van der Waals surface area contributed by atoms with Gasteiger partial charge in [0.1, 0.15) is 0 Å². The van der Waals surface area contributed by atoms with E-state index >= 15 is 0 Å². The molecule has 0 atom stereocenters. The van der Waals surface area contributed by atoms with Crippen LogP contribution in [0.25, 0.3) is 5.32 Å². The predicted octanol–water partition coefficient (Wildman–Crippen LogP) is 2.45. The summed E-state index contributed by atoms with van der Waals surface area (Å²) >= 11 is 0. The molecule has 0 heterocycles. The van der Waals surface area contributed by atoms with Gasteiger partial charge < -0.3 is 20.5 Å². The topological polar surface area (TPSA) is 71.4 Å². The van der Waals surface area contributed by atoms with Gasteiger partial charge in [0.2, 0.25) is 0 Å². The van der Waals surface area contributed by atoms with Gasteiger partial charge in [0.15, 0.2) is 0 Å². The third-order valence-electron chi connectivity index (χ3n) is 1.98. The summed E-state index contributed by atoms with van der Waals surface area (Å²) in [4.78, 5) is 7.54. The van der Waals surface area contributed by atoms with Gasteiger partial charge in [0.05, 0.1) is 5.71 Å².